The number of aryl methyl sites for hydroxylation is 1. The minimum absolute atomic E-state index is 0.161. The van der Waals surface area contributed by atoms with Crippen LogP contribution in [0.3, 0.4) is 0 Å². The molecule has 0 aliphatic carbocycles. The van der Waals surface area contributed by atoms with E-state index in [2.05, 4.69) is 5.32 Å². The van der Waals surface area contributed by atoms with Crippen molar-refractivity contribution in [2.75, 3.05) is 5.32 Å². The van der Waals surface area contributed by atoms with E-state index in [1.807, 2.05) is 38.1 Å². The number of nitrogens with one attached hydrogen (secondary N) is 1. The topological polar surface area (TPSA) is 42.2 Å². The van der Waals surface area contributed by atoms with Crippen molar-refractivity contribution >= 4 is 23.2 Å². The van der Waals surface area contributed by atoms with E-state index >= 15 is 0 Å². The number of para-hydroxylation sites is 1. The van der Waals surface area contributed by atoms with Crippen LogP contribution in [0.2, 0.25) is 0 Å². The number of alkyl halides is 1. The summed E-state index contributed by atoms with van der Waals surface area (Å²) in [5, 5.41) is 2.72. The van der Waals surface area contributed by atoms with Crippen LogP contribution in [0.1, 0.15) is 40.9 Å². The number of hydrogen-bond donors (Lipinski definition) is 1. The summed E-state index contributed by atoms with van der Waals surface area (Å²) < 4.78 is 5.26. The van der Waals surface area contributed by atoms with Gasteiger partial charge in [0.25, 0.3) is 5.91 Å². The van der Waals surface area contributed by atoms with Gasteiger partial charge in [-0.2, -0.15) is 0 Å². The Morgan fingerprint density at radius 3 is 2.79 bits per heavy atom. The van der Waals surface area contributed by atoms with Crippen molar-refractivity contribution in [1.82, 2.24) is 0 Å². The van der Waals surface area contributed by atoms with Gasteiger partial charge in [0.1, 0.15) is 5.76 Å². The van der Waals surface area contributed by atoms with Gasteiger partial charge in [-0.05, 0) is 24.6 Å². The molecule has 0 fully saturated rings. The second-order valence-corrected chi connectivity index (χ2v) is 4.92. The number of furan rings is 1. The van der Waals surface area contributed by atoms with Gasteiger partial charge in [0, 0.05) is 12.1 Å². The summed E-state index contributed by atoms with van der Waals surface area (Å²) in [6.45, 7) is 3.83. The number of carbonyl (C=O) groups is 1. The third kappa shape index (κ3) is 2.99. The zero-order valence-corrected chi connectivity index (χ0v) is 11.7. The van der Waals surface area contributed by atoms with Gasteiger partial charge in [-0.15, -0.1) is 11.6 Å². The summed E-state index contributed by atoms with van der Waals surface area (Å²) in [5.74, 6) is 0.518. The fraction of sp³-hybridized carbons (Fsp3) is 0.267. The highest BCUT2D eigenvalue weighted by Crippen LogP contribution is 2.27. The molecular weight excluding hydrogens is 262 g/mol. The lowest BCUT2D eigenvalue weighted by atomic mass is 10.1. The molecule has 0 aliphatic heterocycles. The molecular formula is C15H16ClNO2. The Bertz CT molecular complexity index is 575. The Hall–Kier alpha value is -1.74. The Balaban J connectivity index is 2.24. The first-order valence-electron chi connectivity index (χ1n) is 6.24. The summed E-state index contributed by atoms with van der Waals surface area (Å²) in [5.41, 5.74) is 2.21. The normalized spacial score (nSPS) is 12.2. The van der Waals surface area contributed by atoms with Crippen LogP contribution >= 0.6 is 11.6 Å². The first-order valence-corrected chi connectivity index (χ1v) is 6.67. The number of anilines is 1. The summed E-state index contributed by atoms with van der Waals surface area (Å²) in [4.78, 5) is 12.2. The smallest absolute Gasteiger partial charge is 0.259 e. The maximum absolute atomic E-state index is 12.2. The predicted molar refractivity (Wildman–Crippen MR) is 76.7 cm³/mol. The van der Waals surface area contributed by atoms with E-state index in [1.54, 1.807) is 6.07 Å². The van der Waals surface area contributed by atoms with Crippen LogP contribution < -0.4 is 5.32 Å². The number of rotatable bonds is 4. The third-order valence-corrected chi connectivity index (χ3v) is 3.18. The lowest BCUT2D eigenvalue weighted by molar-refractivity contribution is 0.102. The Morgan fingerprint density at radius 1 is 1.37 bits per heavy atom. The number of carbonyl (C=O) groups excluding carboxylic acids is 1. The van der Waals surface area contributed by atoms with E-state index in [4.69, 9.17) is 16.0 Å². The maximum atomic E-state index is 12.2. The molecule has 3 nitrogen and oxygen atoms in total. The SMILES string of the molecule is CCc1occc1C(=O)Nc1ccccc1C(C)Cl. The molecule has 2 aromatic rings. The summed E-state index contributed by atoms with van der Waals surface area (Å²) in [6, 6.07) is 9.20. The van der Waals surface area contributed by atoms with E-state index < -0.39 is 0 Å². The molecule has 1 aromatic carbocycles. The van der Waals surface area contributed by atoms with Gasteiger partial charge in [0.15, 0.2) is 0 Å². The highest BCUT2D eigenvalue weighted by atomic mass is 35.5. The Labute approximate surface area is 117 Å². The number of halogens is 1. The van der Waals surface area contributed by atoms with Crippen LogP contribution in [0, 0.1) is 0 Å². The average molecular weight is 278 g/mol. The second-order valence-electron chi connectivity index (χ2n) is 4.27. The number of hydrogen-bond acceptors (Lipinski definition) is 2. The first kappa shape index (κ1) is 13.7. The molecule has 0 radical (unpaired) electrons. The molecule has 1 heterocycles. The zero-order chi connectivity index (χ0) is 13.8. The fourth-order valence-corrected chi connectivity index (χ4v) is 2.15. The molecule has 0 aliphatic rings. The van der Waals surface area contributed by atoms with Gasteiger partial charge >= 0.3 is 0 Å². The van der Waals surface area contributed by atoms with Crippen molar-refractivity contribution in [1.29, 1.82) is 0 Å². The van der Waals surface area contributed by atoms with Crippen molar-refractivity contribution in [2.45, 2.75) is 25.6 Å². The molecule has 2 rings (SSSR count). The molecule has 0 bridgehead atoms. The van der Waals surface area contributed by atoms with E-state index in [0.29, 0.717) is 17.7 Å². The Morgan fingerprint density at radius 2 is 2.11 bits per heavy atom. The molecule has 0 saturated carbocycles. The largest absolute Gasteiger partial charge is 0.469 e. The quantitative estimate of drug-likeness (QED) is 0.842. The highest BCUT2D eigenvalue weighted by Gasteiger charge is 2.15. The van der Waals surface area contributed by atoms with Gasteiger partial charge in [0.2, 0.25) is 0 Å². The van der Waals surface area contributed by atoms with E-state index in [1.165, 1.54) is 6.26 Å². The Kier molecular flexibility index (Phi) is 4.27. The fourth-order valence-electron chi connectivity index (χ4n) is 1.96. The van der Waals surface area contributed by atoms with Crippen molar-refractivity contribution in [2.24, 2.45) is 0 Å². The van der Waals surface area contributed by atoms with Crippen molar-refractivity contribution < 1.29 is 9.21 Å². The predicted octanol–water partition coefficient (Wildman–Crippen LogP) is 4.39. The summed E-state index contributed by atoms with van der Waals surface area (Å²) in [7, 11) is 0. The van der Waals surface area contributed by atoms with Crippen LogP contribution in [0.4, 0.5) is 5.69 Å². The third-order valence-electron chi connectivity index (χ3n) is 2.95. The molecule has 1 N–H and O–H groups in total. The molecule has 4 heteroatoms. The van der Waals surface area contributed by atoms with E-state index in [0.717, 1.165) is 11.3 Å². The minimum atomic E-state index is -0.171. The lowest BCUT2D eigenvalue weighted by Gasteiger charge is -2.12. The molecule has 100 valence electrons. The summed E-state index contributed by atoms with van der Waals surface area (Å²) in [6.07, 6.45) is 2.22. The van der Waals surface area contributed by atoms with Gasteiger partial charge in [-0.1, -0.05) is 25.1 Å². The van der Waals surface area contributed by atoms with Crippen LogP contribution in [-0.2, 0) is 6.42 Å². The van der Waals surface area contributed by atoms with Crippen molar-refractivity contribution in [3.63, 3.8) is 0 Å². The number of benzene rings is 1. The molecule has 1 atom stereocenters. The van der Waals surface area contributed by atoms with Gasteiger partial charge < -0.3 is 9.73 Å². The van der Waals surface area contributed by atoms with Crippen LogP contribution in [0.25, 0.3) is 0 Å². The van der Waals surface area contributed by atoms with Crippen LogP contribution in [-0.4, -0.2) is 5.91 Å². The monoisotopic (exact) mass is 277 g/mol. The standard InChI is InChI=1S/C15H16ClNO2/c1-3-14-12(8-9-19-14)15(18)17-13-7-5-4-6-11(13)10(2)16/h4-10H,3H2,1-2H3,(H,17,18). The highest BCUT2D eigenvalue weighted by molar-refractivity contribution is 6.21. The average Bonchev–Trinajstić information content (AvgIpc) is 2.87. The minimum Gasteiger partial charge on any atom is -0.469 e. The first-order chi connectivity index (χ1) is 9.13. The molecule has 1 unspecified atom stereocenters. The van der Waals surface area contributed by atoms with Gasteiger partial charge in [0.05, 0.1) is 17.2 Å². The second kappa shape index (κ2) is 5.93. The van der Waals surface area contributed by atoms with Gasteiger partial charge in [-0.3, -0.25) is 4.79 Å². The molecule has 1 aromatic heterocycles. The van der Waals surface area contributed by atoms with Gasteiger partial charge in [-0.25, -0.2) is 0 Å². The van der Waals surface area contributed by atoms with Crippen molar-refractivity contribution in [3.8, 4) is 0 Å². The maximum Gasteiger partial charge on any atom is 0.259 e. The van der Waals surface area contributed by atoms with E-state index in [9.17, 15) is 4.79 Å². The molecule has 0 spiro atoms. The van der Waals surface area contributed by atoms with Crippen LogP contribution in [0.15, 0.2) is 41.0 Å². The zero-order valence-electron chi connectivity index (χ0n) is 10.9. The van der Waals surface area contributed by atoms with Crippen LogP contribution in [0.5, 0.6) is 0 Å². The number of amides is 1. The van der Waals surface area contributed by atoms with Crippen molar-refractivity contribution in [3.05, 3.63) is 53.5 Å². The van der Waals surface area contributed by atoms with E-state index in [-0.39, 0.29) is 11.3 Å². The summed E-state index contributed by atoms with van der Waals surface area (Å²) >= 11 is 6.11. The molecule has 1 amide bonds. The molecule has 0 saturated heterocycles. The molecule has 19 heavy (non-hydrogen) atoms. The lowest BCUT2D eigenvalue weighted by Crippen LogP contribution is -2.14.